The Balaban J connectivity index is 1.44. The summed E-state index contributed by atoms with van der Waals surface area (Å²) in [6.45, 7) is 3.66. The van der Waals surface area contributed by atoms with E-state index in [0.717, 1.165) is 30.9 Å². The van der Waals surface area contributed by atoms with E-state index in [1.165, 1.54) is 12.8 Å². The topological polar surface area (TPSA) is 76.6 Å². The van der Waals surface area contributed by atoms with Gasteiger partial charge >= 0.3 is 0 Å². The van der Waals surface area contributed by atoms with Crippen molar-refractivity contribution in [2.24, 2.45) is 0 Å². The average molecular weight is 368 g/mol. The molecule has 2 aliphatic rings. The van der Waals surface area contributed by atoms with Crippen LogP contribution in [0.15, 0.2) is 36.7 Å². The molecule has 2 aliphatic heterocycles. The number of hydrogen-bond donors (Lipinski definition) is 1. The minimum atomic E-state index is -0.201. The van der Waals surface area contributed by atoms with Crippen LogP contribution in [0, 0.1) is 0 Å². The molecule has 1 N–H and O–H groups in total. The third kappa shape index (κ3) is 4.19. The van der Waals surface area contributed by atoms with Crippen LogP contribution in [0.3, 0.4) is 0 Å². The number of rotatable bonds is 6. The lowest BCUT2D eigenvalue weighted by Crippen LogP contribution is -2.27. The van der Waals surface area contributed by atoms with Gasteiger partial charge in [-0.3, -0.25) is 4.79 Å². The van der Waals surface area contributed by atoms with Gasteiger partial charge in [-0.1, -0.05) is 6.07 Å². The number of nitrogens with one attached hydrogen (secondary N) is 1. The molecular weight excluding hydrogens is 344 g/mol. The Morgan fingerprint density at radius 2 is 2.04 bits per heavy atom. The van der Waals surface area contributed by atoms with Gasteiger partial charge in [0, 0.05) is 44.0 Å². The molecule has 142 valence electrons. The molecule has 2 fully saturated rings. The van der Waals surface area contributed by atoms with E-state index in [9.17, 15) is 4.79 Å². The van der Waals surface area contributed by atoms with Gasteiger partial charge in [-0.05, 0) is 31.0 Å². The van der Waals surface area contributed by atoms with Crippen LogP contribution in [0.1, 0.15) is 35.2 Å². The number of nitrogens with zero attached hydrogens (tertiary/aromatic N) is 3. The van der Waals surface area contributed by atoms with E-state index in [2.05, 4.69) is 20.2 Å². The van der Waals surface area contributed by atoms with Crippen LogP contribution in [0.2, 0.25) is 0 Å². The van der Waals surface area contributed by atoms with Crippen molar-refractivity contribution in [3.05, 3.63) is 47.8 Å². The van der Waals surface area contributed by atoms with Gasteiger partial charge in [0.1, 0.15) is 17.5 Å². The first-order chi connectivity index (χ1) is 13.3. The summed E-state index contributed by atoms with van der Waals surface area (Å²) in [7, 11) is 0. The van der Waals surface area contributed by atoms with Gasteiger partial charge in [0.15, 0.2) is 0 Å². The predicted octanol–water partition coefficient (Wildman–Crippen LogP) is 2.17. The summed E-state index contributed by atoms with van der Waals surface area (Å²) in [5.74, 6) is 1.12. The summed E-state index contributed by atoms with van der Waals surface area (Å²) in [6.07, 6.45) is 6.57. The number of hydrogen-bond acceptors (Lipinski definition) is 6. The first-order valence-electron chi connectivity index (χ1n) is 9.48. The summed E-state index contributed by atoms with van der Waals surface area (Å²) >= 11 is 0. The first-order valence-corrected chi connectivity index (χ1v) is 9.48. The average Bonchev–Trinajstić information content (AvgIpc) is 3.41. The van der Waals surface area contributed by atoms with E-state index in [0.29, 0.717) is 31.2 Å². The Labute approximate surface area is 158 Å². The highest BCUT2D eigenvalue weighted by Crippen LogP contribution is 2.23. The molecule has 4 rings (SSSR count). The minimum absolute atomic E-state index is 0.0495. The molecule has 2 aromatic heterocycles. The van der Waals surface area contributed by atoms with Crippen molar-refractivity contribution in [1.82, 2.24) is 15.3 Å². The van der Waals surface area contributed by atoms with Crippen LogP contribution in [0.5, 0.6) is 5.88 Å². The molecule has 0 radical (unpaired) electrons. The van der Waals surface area contributed by atoms with Gasteiger partial charge in [-0.2, -0.15) is 0 Å². The molecule has 0 saturated carbocycles. The molecular formula is C20H24N4O3. The molecule has 2 saturated heterocycles. The molecule has 4 heterocycles. The fourth-order valence-electron chi connectivity index (χ4n) is 3.47. The van der Waals surface area contributed by atoms with E-state index in [1.807, 2.05) is 12.1 Å². The van der Waals surface area contributed by atoms with Crippen LogP contribution >= 0.6 is 0 Å². The van der Waals surface area contributed by atoms with E-state index in [1.54, 1.807) is 24.5 Å². The van der Waals surface area contributed by atoms with Gasteiger partial charge in [0.05, 0.1) is 13.2 Å². The van der Waals surface area contributed by atoms with Gasteiger partial charge in [0.25, 0.3) is 5.91 Å². The molecule has 7 nitrogen and oxygen atoms in total. The van der Waals surface area contributed by atoms with Crippen LogP contribution < -0.4 is 15.0 Å². The third-order valence-electron chi connectivity index (χ3n) is 4.89. The normalized spacial score (nSPS) is 19.3. The van der Waals surface area contributed by atoms with Gasteiger partial charge in [-0.15, -0.1) is 0 Å². The summed E-state index contributed by atoms with van der Waals surface area (Å²) < 4.78 is 11.2. The van der Waals surface area contributed by atoms with Crippen LogP contribution in [-0.4, -0.2) is 48.3 Å². The lowest BCUT2D eigenvalue weighted by molar-refractivity contribution is 0.0937. The lowest BCUT2D eigenvalue weighted by Gasteiger charge is -2.20. The Bertz CT molecular complexity index is 786. The van der Waals surface area contributed by atoms with Crippen molar-refractivity contribution in [3.8, 4) is 5.88 Å². The maximum atomic E-state index is 12.7. The SMILES string of the molecule is O=C(NCc1cccnc1N1CCCC1)c1cccnc1O[C@@H]1CCOC1. The molecule has 0 bridgehead atoms. The highest BCUT2D eigenvalue weighted by molar-refractivity contribution is 5.96. The predicted molar refractivity (Wildman–Crippen MR) is 101 cm³/mol. The molecule has 1 atom stereocenters. The number of pyridine rings is 2. The Hall–Kier alpha value is -2.67. The molecule has 1 amide bonds. The second kappa shape index (κ2) is 8.35. The number of carbonyl (C=O) groups excluding carboxylic acids is 1. The van der Waals surface area contributed by atoms with Crippen molar-refractivity contribution >= 4 is 11.7 Å². The number of ether oxygens (including phenoxy) is 2. The Morgan fingerprint density at radius 3 is 2.85 bits per heavy atom. The zero-order valence-electron chi connectivity index (χ0n) is 15.3. The first kappa shape index (κ1) is 17.7. The lowest BCUT2D eigenvalue weighted by atomic mass is 10.2. The van der Waals surface area contributed by atoms with E-state index in [4.69, 9.17) is 9.47 Å². The second-order valence-corrected chi connectivity index (χ2v) is 6.82. The van der Waals surface area contributed by atoms with Crippen molar-refractivity contribution in [3.63, 3.8) is 0 Å². The Morgan fingerprint density at radius 1 is 1.22 bits per heavy atom. The van der Waals surface area contributed by atoms with Gasteiger partial charge in [-0.25, -0.2) is 9.97 Å². The van der Waals surface area contributed by atoms with Crippen molar-refractivity contribution in [2.45, 2.75) is 31.9 Å². The summed E-state index contributed by atoms with van der Waals surface area (Å²) in [5, 5.41) is 2.99. The van der Waals surface area contributed by atoms with Crippen molar-refractivity contribution in [1.29, 1.82) is 0 Å². The fraction of sp³-hybridized carbons (Fsp3) is 0.450. The molecule has 2 aromatic rings. The molecule has 7 heteroatoms. The van der Waals surface area contributed by atoms with E-state index < -0.39 is 0 Å². The van der Waals surface area contributed by atoms with Crippen LogP contribution in [0.25, 0.3) is 0 Å². The number of carbonyl (C=O) groups is 1. The standard InChI is InChI=1S/C20H24N4O3/c25-19(17-6-4-9-22-20(17)27-16-7-12-26-14-16)23-13-15-5-3-8-21-18(15)24-10-1-2-11-24/h3-6,8-9,16H,1-2,7,10-14H2,(H,23,25)/t16-/m1/s1. The van der Waals surface area contributed by atoms with Crippen LogP contribution in [-0.2, 0) is 11.3 Å². The minimum Gasteiger partial charge on any atom is -0.471 e. The highest BCUT2D eigenvalue weighted by atomic mass is 16.5. The van der Waals surface area contributed by atoms with E-state index in [-0.39, 0.29) is 12.0 Å². The fourth-order valence-corrected chi connectivity index (χ4v) is 3.47. The summed E-state index contributed by atoms with van der Waals surface area (Å²) in [6, 6.07) is 7.39. The molecule has 0 aliphatic carbocycles. The van der Waals surface area contributed by atoms with Gasteiger partial charge < -0.3 is 19.7 Å². The quantitative estimate of drug-likeness (QED) is 0.842. The number of aromatic nitrogens is 2. The largest absolute Gasteiger partial charge is 0.471 e. The number of amides is 1. The number of anilines is 1. The molecule has 0 unspecified atom stereocenters. The summed E-state index contributed by atoms with van der Waals surface area (Å²) in [4.78, 5) is 23.8. The summed E-state index contributed by atoms with van der Waals surface area (Å²) in [5.41, 5.74) is 1.46. The molecule has 27 heavy (non-hydrogen) atoms. The van der Waals surface area contributed by atoms with Gasteiger partial charge in [0.2, 0.25) is 5.88 Å². The Kier molecular flexibility index (Phi) is 5.48. The van der Waals surface area contributed by atoms with Crippen molar-refractivity contribution in [2.75, 3.05) is 31.2 Å². The highest BCUT2D eigenvalue weighted by Gasteiger charge is 2.22. The second-order valence-electron chi connectivity index (χ2n) is 6.82. The monoisotopic (exact) mass is 368 g/mol. The van der Waals surface area contributed by atoms with E-state index >= 15 is 0 Å². The molecule has 0 spiro atoms. The zero-order chi connectivity index (χ0) is 18.5. The maximum absolute atomic E-state index is 12.7. The molecule has 0 aromatic carbocycles. The zero-order valence-corrected chi connectivity index (χ0v) is 15.3. The smallest absolute Gasteiger partial charge is 0.257 e. The third-order valence-corrected chi connectivity index (χ3v) is 4.89. The van der Waals surface area contributed by atoms with Crippen LogP contribution in [0.4, 0.5) is 5.82 Å². The van der Waals surface area contributed by atoms with Crippen molar-refractivity contribution < 1.29 is 14.3 Å². The maximum Gasteiger partial charge on any atom is 0.257 e.